The van der Waals surface area contributed by atoms with E-state index in [9.17, 15) is 9.50 Å². The lowest BCUT2D eigenvalue weighted by atomic mass is 9.98. The van der Waals surface area contributed by atoms with E-state index in [0.717, 1.165) is 5.69 Å². The Bertz CT molecular complexity index is 529. The molecule has 0 fully saturated rings. The summed E-state index contributed by atoms with van der Waals surface area (Å²) in [6, 6.07) is 4.19. The monoisotopic (exact) mass is 251 g/mol. The van der Waals surface area contributed by atoms with Gasteiger partial charge in [-0.2, -0.15) is 0 Å². The molecule has 3 nitrogen and oxygen atoms in total. The average Bonchev–Trinajstić information content (AvgIpc) is 2.81. The van der Waals surface area contributed by atoms with Gasteiger partial charge in [0.1, 0.15) is 17.7 Å². The molecule has 2 atom stereocenters. The van der Waals surface area contributed by atoms with E-state index in [4.69, 9.17) is 4.74 Å². The summed E-state index contributed by atoms with van der Waals surface area (Å²) in [4.78, 5) is 4.16. The fourth-order valence-corrected chi connectivity index (χ4v) is 2.57. The summed E-state index contributed by atoms with van der Waals surface area (Å²) in [6.45, 7) is 0. The molecular weight excluding hydrogens is 241 g/mol. The summed E-state index contributed by atoms with van der Waals surface area (Å²) < 4.78 is 18.8. The first kappa shape index (κ1) is 10.7. The van der Waals surface area contributed by atoms with Crippen LogP contribution in [-0.4, -0.2) is 10.1 Å². The number of nitrogens with zero attached hydrogens (tertiary/aromatic N) is 1. The maximum absolute atomic E-state index is 13.1. The van der Waals surface area contributed by atoms with Crippen molar-refractivity contribution in [2.75, 3.05) is 0 Å². The number of aliphatic hydroxyl groups is 1. The van der Waals surface area contributed by atoms with Crippen molar-refractivity contribution in [2.45, 2.75) is 18.6 Å². The number of benzene rings is 1. The largest absolute Gasteiger partial charge is 0.483 e. The Morgan fingerprint density at radius 1 is 1.47 bits per heavy atom. The number of ether oxygens (including phenoxy) is 1. The maximum Gasteiger partial charge on any atom is 0.144 e. The van der Waals surface area contributed by atoms with Gasteiger partial charge in [0, 0.05) is 23.4 Å². The summed E-state index contributed by atoms with van der Waals surface area (Å²) in [5, 5.41) is 11.9. The summed E-state index contributed by atoms with van der Waals surface area (Å²) in [6.07, 6.45) is -0.487. The molecule has 2 heterocycles. The zero-order valence-corrected chi connectivity index (χ0v) is 9.65. The average molecular weight is 251 g/mol. The summed E-state index contributed by atoms with van der Waals surface area (Å²) >= 11 is 1.47. The maximum atomic E-state index is 13.1. The van der Waals surface area contributed by atoms with Crippen LogP contribution in [0, 0.1) is 5.82 Å². The molecule has 0 bridgehead atoms. The normalized spacial score (nSPS) is 22.9. The van der Waals surface area contributed by atoms with Gasteiger partial charge in [-0.3, -0.25) is 0 Å². The van der Waals surface area contributed by atoms with Crippen LogP contribution < -0.4 is 4.74 Å². The van der Waals surface area contributed by atoms with Crippen molar-refractivity contribution >= 4 is 11.3 Å². The lowest BCUT2D eigenvalue weighted by molar-refractivity contribution is 0.0636. The van der Waals surface area contributed by atoms with Crippen LogP contribution >= 0.6 is 11.3 Å². The van der Waals surface area contributed by atoms with E-state index in [-0.39, 0.29) is 11.9 Å². The van der Waals surface area contributed by atoms with Crippen molar-refractivity contribution in [3.05, 3.63) is 46.2 Å². The van der Waals surface area contributed by atoms with Crippen molar-refractivity contribution in [2.24, 2.45) is 0 Å². The van der Waals surface area contributed by atoms with Crippen LogP contribution in [0.15, 0.2) is 29.1 Å². The third kappa shape index (κ3) is 1.92. The van der Waals surface area contributed by atoms with Crippen molar-refractivity contribution in [3.63, 3.8) is 0 Å². The number of hydrogen-bond donors (Lipinski definition) is 1. The lowest BCUT2D eigenvalue weighted by Crippen LogP contribution is -2.19. The minimum absolute atomic E-state index is 0.300. The highest BCUT2D eigenvalue weighted by Gasteiger charge is 2.29. The van der Waals surface area contributed by atoms with E-state index in [1.807, 2.05) is 5.38 Å². The number of fused-ring (bicyclic) bond motifs is 1. The molecule has 0 spiro atoms. The molecule has 0 amide bonds. The molecule has 2 aromatic rings. The molecule has 0 saturated heterocycles. The Hall–Kier alpha value is -1.46. The highest BCUT2D eigenvalue weighted by molar-refractivity contribution is 7.07. The predicted octanol–water partition coefficient (Wildman–Crippen LogP) is 2.84. The van der Waals surface area contributed by atoms with Gasteiger partial charge >= 0.3 is 0 Å². The third-order valence-corrected chi connectivity index (χ3v) is 3.43. The molecule has 0 saturated carbocycles. The van der Waals surface area contributed by atoms with Crippen LogP contribution in [0.4, 0.5) is 4.39 Å². The molecule has 1 aliphatic rings. The molecular formula is C12H10FNO2S. The Balaban J connectivity index is 1.97. The molecule has 1 aromatic carbocycles. The van der Waals surface area contributed by atoms with Crippen LogP contribution in [0.1, 0.15) is 29.9 Å². The van der Waals surface area contributed by atoms with E-state index in [1.165, 1.54) is 23.5 Å². The smallest absolute Gasteiger partial charge is 0.144 e. The minimum Gasteiger partial charge on any atom is -0.483 e. The number of aromatic nitrogens is 1. The molecule has 1 aromatic heterocycles. The van der Waals surface area contributed by atoms with Gasteiger partial charge in [0.05, 0.1) is 17.3 Å². The Morgan fingerprint density at radius 2 is 2.35 bits per heavy atom. The van der Waals surface area contributed by atoms with E-state index >= 15 is 0 Å². The Kier molecular flexibility index (Phi) is 2.57. The fraction of sp³-hybridized carbons (Fsp3) is 0.250. The SMILES string of the molecule is O[C@@H]1CC(c2cscn2)Oc2cc(F)ccc21. The molecule has 3 rings (SSSR count). The molecule has 17 heavy (non-hydrogen) atoms. The van der Waals surface area contributed by atoms with Gasteiger partial charge in [-0.25, -0.2) is 9.37 Å². The number of rotatable bonds is 1. The van der Waals surface area contributed by atoms with Crippen molar-refractivity contribution in [3.8, 4) is 5.75 Å². The lowest BCUT2D eigenvalue weighted by Gasteiger charge is -2.28. The van der Waals surface area contributed by atoms with Crippen LogP contribution in [0.3, 0.4) is 0 Å². The van der Waals surface area contributed by atoms with Gasteiger partial charge < -0.3 is 9.84 Å². The molecule has 1 unspecified atom stereocenters. The second kappa shape index (κ2) is 4.09. The third-order valence-electron chi connectivity index (χ3n) is 2.82. The molecule has 1 aliphatic heterocycles. The summed E-state index contributed by atoms with van der Waals surface area (Å²) in [7, 11) is 0. The number of aliphatic hydroxyl groups excluding tert-OH is 1. The molecule has 1 N–H and O–H groups in total. The second-order valence-electron chi connectivity index (χ2n) is 3.95. The molecule has 5 heteroatoms. The van der Waals surface area contributed by atoms with Gasteiger partial charge in [-0.05, 0) is 12.1 Å². The van der Waals surface area contributed by atoms with E-state index < -0.39 is 6.10 Å². The number of hydrogen-bond acceptors (Lipinski definition) is 4. The van der Waals surface area contributed by atoms with Gasteiger partial charge in [0.25, 0.3) is 0 Å². The first-order chi connectivity index (χ1) is 8.24. The van der Waals surface area contributed by atoms with Crippen molar-refractivity contribution in [1.29, 1.82) is 0 Å². The predicted molar refractivity (Wildman–Crippen MR) is 61.5 cm³/mol. The summed E-state index contributed by atoms with van der Waals surface area (Å²) in [5.74, 6) is 0.0385. The zero-order valence-electron chi connectivity index (χ0n) is 8.84. The Morgan fingerprint density at radius 3 is 3.12 bits per heavy atom. The number of thiazole rings is 1. The minimum atomic E-state index is -0.633. The first-order valence-electron chi connectivity index (χ1n) is 5.26. The second-order valence-corrected chi connectivity index (χ2v) is 4.67. The first-order valence-corrected chi connectivity index (χ1v) is 6.20. The van der Waals surface area contributed by atoms with Crippen LogP contribution in [0.25, 0.3) is 0 Å². The summed E-state index contributed by atoms with van der Waals surface area (Å²) in [5.41, 5.74) is 3.13. The zero-order chi connectivity index (χ0) is 11.8. The van der Waals surface area contributed by atoms with Gasteiger partial charge in [0.15, 0.2) is 0 Å². The van der Waals surface area contributed by atoms with E-state index in [1.54, 1.807) is 11.6 Å². The van der Waals surface area contributed by atoms with Gasteiger partial charge in [0.2, 0.25) is 0 Å². The van der Waals surface area contributed by atoms with Crippen LogP contribution in [0.5, 0.6) is 5.75 Å². The van der Waals surface area contributed by atoms with Gasteiger partial charge in [-0.1, -0.05) is 0 Å². The highest BCUT2D eigenvalue weighted by atomic mass is 32.1. The van der Waals surface area contributed by atoms with Gasteiger partial charge in [-0.15, -0.1) is 11.3 Å². The van der Waals surface area contributed by atoms with Crippen molar-refractivity contribution < 1.29 is 14.2 Å². The molecule has 0 aliphatic carbocycles. The topological polar surface area (TPSA) is 42.4 Å². The van der Waals surface area contributed by atoms with E-state index in [0.29, 0.717) is 17.7 Å². The quantitative estimate of drug-likeness (QED) is 0.847. The van der Waals surface area contributed by atoms with Crippen LogP contribution in [0.2, 0.25) is 0 Å². The number of halogens is 1. The highest BCUT2D eigenvalue weighted by Crippen LogP contribution is 2.40. The van der Waals surface area contributed by atoms with E-state index in [2.05, 4.69) is 4.98 Å². The standard InChI is InChI=1S/C12H10FNO2S/c13-7-1-2-8-10(15)4-12(16-11(8)3-7)9-5-17-6-14-9/h1-3,5-6,10,12,15H,4H2/t10-,12?/m1/s1. The molecule has 88 valence electrons. The van der Waals surface area contributed by atoms with Crippen molar-refractivity contribution in [1.82, 2.24) is 4.98 Å². The Labute approximate surface area is 102 Å². The van der Waals surface area contributed by atoms with Crippen LogP contribution in [-0.2, 0) is 0 Å². The fourth-order valence-electron chi connectivity index (χ4n) is 1.98. The molecule has 0 radical (unpaired) electrons.